The second-order valence-electron chi connectivity index (χ2n) is 3.59. The van der Waals surface area contributed by atoms with E-state index in [1.54, 1.807) is 7.11 Å². The van der Waals surface area contributed by atoms with Gasteiger partial charge in [0.25, 0.3) is 0 Å². The highest BCUT2D eigenvalue weighted by Crippen LogP contribution is 2.28. The third-order valence-electron chi connectivity index (χ3n) is 2.46. The Morgan fingerprint density at radius 1 is 1.33 bits per heavy atom. The number of unbranched alkanes of at least 4 members (excludes halogenated alkanes) is 1. The molecule has 0 bridgehead atoms. The normalized spacial score (nSPS) is 10.4. The summed E-state index contributed by atoms with van der Waals surface area (Å²) in [4.78, 5) is 0. The van der Waals surface area contributed by atoms with Crippen molar-refractivity contribution in [3.05, 3.63) is 28.3 Å². The highest BCUT2D eigenvalue weighted by Gasteiger charge is 2.05. The summed E-state index contributed by atoms with van der Waals surface area (Å²) in [5, 5.41) is 9.36. The molecule has 0 heterocycles. The summed E-state index contributed by atoms with van der Waals surface area (Å²) in [6.45, 7) is 2.30. The standard InChI is InChI=1S/C12H17ClO2/c1-9-7-12(15-2)11(13)8-10(9)5-3-4-6-14/h7-8,14H,3-6H2,1-2H3. The number of hydrogen-bond donors (Lipinski definition) is 1. The Balaban J connectivity index is 2.76. The molecule has 0 spiro atoms. The monoisotopic (exact) mass is 228 g/mol. The third kappa shape index (κ3) is 3.40. The third-order valence-corrected chi connectivity index (χ3v) is 2.76. The van der Waals surface area contributed by atoms with Gasteiger partial charge in [0, 0.05) is 6.61 Å². The second kappa shape index (κ2) is 5.99. The lowest BCUT2D eigenvalue weighted by Gasteiger charge is -2.09. The van der Waals surface area contributed by atoms with Gasteiger partial charge in [-0.3, -0.25) is 0 Å². The van der Waals surface area contributed by atoms with Crippen LogP contribution in [0.25, 0.3) is 0 Å². The van der Waals surface area contributed by atoms with Crippen molar-refractivity contribution in [2.24, 2.45) is 0 Å². The first-order chi connectivity index (χ1) is 7.19. The topological polar surface area (TPSA) is 29.5 Å². The van der Waals surface area contributed by atoms with Crippen LogP contribution in [-0.4, -0.2) is 18.8 Å². The second-order valence-corrected chi connectivity index (χ2v) is 4.00. The molecule has 0 aliphatic rings. The average Bonchev–Trinajstić information content (AvgIpc) is 2.23. The minimum absolute atomic E-state index is 0.253. The van der Waals surface area contributed by atoms with E-state index in [9.17, 15) is 0 Å². The van der Waals surface area contributed by atoms with Crippen molar-refractivity contribution in [2.75, 3.05) is 13.7 Å². The molecule has 0 atom stereocenters. The van der Waals surface area contributed by atoms with Crippen LogP contribution in [0.4, 0.5) is 0 Å². The van der Waals surface area contributed by atoms with Crippen molar-refractivity contribution >= 4 is 11.6 Å². The highest BCUT2D eigenvalue weighted by molar-refractivity contribution is 6.32. The van der Waals surface area contributed by atoms with Crippen molar-refractivity contribution in [1.29, 1.82) is 0 Å². The summed E-state index contributed by atoms with van der Waals surface area (Å²) in [6, 6.07) is 3.91. The van der Waals surface area contributed by atoms with Gasteiger partial charge in [0.2, 0.25) is 0 Å². The van der Waals surface area contributed by atoms with Crippen LogP contribution in [0.5, 0.6) is 5.75 Å². The molecule has 0 unspecified atom stereocenters. The van der Waals surface area contributed by atoms with Crippen molar-refractivity contribution in [3.63, 3.8) is 0 Å². The predicted octanol–water partition coefficient (Wildman–Crippen LogP) is 2.97. The van der Waals surface area contributed by atoms with Crippen LogP contribution >= 0.6 is 11.6 Å². The van der Waals surface area contributed by atoms with Crippen LogP contribution in [0.2, 0.25) is 5.02 Å². The van der Waals surface area contributed by atoms with E-state index < -0.39 is 0 Å². The van der Waals surface area contributed by atoms with Crippen molar-refractivity contribution in [2.45, 2.75) is 26.2 Å². The Bertz CT molecular complexity index is 324. The van der Waals surface area contributed by atoms with Gasteiger partial charge in [-0.05, 0) is 49.4 Å². The molecule has 0 aliphatic heterocycles. The lowest BCUT2D eigenvalue weighted by molar-refractivity contribution is 0.284. The molecular weight excluding hydrogens is 212 g/mol. The maximum Gasteiger partial charge on any atom is 0.137 e. The zero-order valence-corrected chi connectivity index (χ0v) is 9.97. The number of benzene rings is 1. The first kappa shape index (κ1) is 12.3. The Morgan fingerprint density at radius 3 is 2.67 bits per heavy atom. The van der Waals surface area contributed by atoms with Gasteiger partial charge < -0.3 is 9.84 Å². The van der Waals surface area contributed by atoms with Gasteiger partial charge in [0.15, 0.2) is 0 Å². The molecule has 1 rings (SSSR count). The zero-order chi connectivity index (χ0) is 11.3. The van der Waals surface area contributed by atoms with Crippen LogP contribution in [0.1, 0.15) is 24.0 Å². The molecular formula is C12H17ClO2. The number of aliphatic hydroxyl groups is 1. The molecule has 1 aromatic rings. The first-order valence-electron chi connectivity index (χ1n) is 5.13. The molecule has 0 aromatic heterocycles. The number of rotatable bonds is 5. The number of methoxy groups -OCH3 is 1. The van der Waals surface area contributed by atoms with E-state index in [-0.39, 0.29) is 6.61 Å². The van der Waals surface area contributed by atoms with E-state index in [0.29, 0.717) is 5.02 Å². The van der Waals surface area contributed by atoms with Crippen LogP contribution < -0.4 is 4.74 Å². The van der Waals surface area contributed by atoms with E-state index in [2.05, 4.69) is 0 Å². The maximum absolute atomic E-state index is 8.70. The summed E-state index contributed by atoms with van der Waals surface area (Å²) in [5.41, 5.74) is 2.42. The largest absolute Gasteiger partial charge is 0.495 e. The van der Waals surface area contributed by atoms with E-state index in [4.69, 9.17) is 21.4 Å². The summed E-state index contributed by atoms with van der Waals surface area (Å²) in [6.07, 6.45) is 2.78. The Morgan fingerprint density at radius 2 is 2.07 bits per heavy atom. The number of hydrogen-bond acceptors (Lipinski definition) is 2. The van der Waals surface area contributed by atoms with Gasteiger partial charge in [-0.25, -0.2) is 0 Å². The Kier molecular flexibility index (Phi) is 4.92. The summed E-state index contributed by atoms with van der Waals surface area (Å²) >= 11 is 6.04. The predicted molar refractivity (Wildman–Crippen MR) is 62.8 cm³/mol. The molecule has 15 heavy (non-hydrogen) atoms. The molecule has 0 amide bonds. The number of ether oxygens (including phenoxy) is 1. The molecule has 0 radical (unpaired) electrons. The van der Waals surface area contributed by atoms with Gasteiger partial charge in [-0.1, -0.05) is 11.6 Å². The van der Waals surface area contributed by atoms with Crippen LogP contribution in [-0.2, 0) is 6.42 Å². The number of aliphatic hydroxyl groups excluding tert-OH is 1. The zero-order valence-electron chi connectivity index (χ0n) is 9.22. The molecule has 0 saturated carbocycles. The minimum Gasteiger partial charge on any atom is -0.495 e. The molecule has 0 aliphatic carbocycles. The molecule has 0 saturated heterocycles. The van der Waals surface area contributed by atoms with E-state index in [1.165, 1.54) is 11.1 Å². The fourth-order valence-corrected chi connectivity index (χ4v) is 1.81. The van der Waals surface area contributed by atoms with Crippen LogP contribution in [0.15, 0.2) is 12.1 Å². The fourth-order valence-electron chi connectivity index (χ4n) is 1.55. The van der Waals surface area contributed by atoms with E-state index in [0.717, 1.165) is 25.0 Å². The summed E-state index contributed by atoms with van der Waals surface area (Å²) in [7, 11) is 1.62. The SMILES string of the molecule is COc1cc(C)c(CCCCO)cc1Cl. The van der Waals surface area contributed by atoms with Crippen LogP contribution in [0, 0.1) is 6.92 Å². The van der Waals surface area contributed by atoms with Crippen molar-refractivity contribution < 1.29 is 9.84 Å². The number of halogens is 1. The smallest absolute Gasteiger partial charge is 0.137 e. The van der Waals surface area contributed by atoms with Gasteiger partial charge in [0.05, 0.1) is 12.1 Å². The van der Waals surface area contributed by atoms with E-state index >= 15 is 0 Å². The number of aryl methyl sites for hydroxylation is 2. The quantitative estimate of drug-likeness (QED) is 0.786. The first-order valence-corrected chi connectivity index (χ1v) is 5.50. The van der Waals surface area contributed by atoms with E-state index in [1.807, 2.05) is 19.1 Å². The molecule has 1 aromatic carbocycles. The van der Waals surface area contributed by atoms with Crippen LogP contribution in [0.3, 0.4) is 0 Å². The molecule has 3 heteroatoms. The molecule has 1 N–H and O–H groups in total. The van der Waals surface area contributed by atoms with Gasteiger partial charge in [-0.15, -0.1) is 0 Å². The lowest BCUT2D eigenvalue weighted by Crippen LogP contribution is -1.94. The van der Waals surface area contributed by atoms with Crippen molar-refractivity contribution in [1.82, 2.24) is 0 Å². The van der Waals surface area contributed by atoms with Crippen molar-refractivity contribution in [3.8, 4) is 5.75 Å². The minimum atomic E-state index is 0.253. The Hall–Kier alpha value is -0.730. The summed E-state index contributed by atoms with van der Waals surface area (Å²) in [5.74, 6) is 0.722. The van der Waals surface area contributed by atoms with Gasteiger partial charge in [-0.2, -0.15) is 0 Å². The molecule has 2 nitrogen and oxygen atoms in total. The lowest BCUT2D eigenvalue weighted by atomic mass is 10.0. The maximum atomic E-state index is 8.70. The van der Waals surface area contributed by atoms with Gasteiger partial charge >= 0.3 is 0 Å². The molecule has 0 fully saturated rings. The Labute approximate surface area is 95.8 Å². The van der Waals surface area contributed by atoms with Gasteiger partial charge in [0.1, 0.15) is 5.75 Å². The fraction of sp³-hybridized carbons (Fsp3) is 0.500. The highest BCUT2D eigenvalue weighted by atomic mass is 35.5. The molecule has 84 valence electrons. The average molecular weight is 229 g/mol. The summed E-state index contributed by atoms with van der Waals surface area (Å²) < 4.78 is 5.13.